The van der Waals surface area contributed by atoms with Crippen LogP contribution < -0.4 is 9.74 Å². The lowest BCUT2D eigenvalue weighted by Crippen LogP contribution is -2.33. The molecule has 3 rings (SSSR count). The summed E-state index contributed by atoms with van der Waals surface area (Å²) in [6.45, 7) is 1.37. The number of hydrogen-bond donors (Lipinski definition) is 2. The number of hydrogen-bond acceptors (Lipinski definition) is 5. The Bertz CT molecular complexity index is 1170. The Labute approximate surface area is 163 Å². The van der Waals surface area contributed by atoms with E-state index in [1.165, 1.54) is 43.3 Å². The highest BCUT2D eigenvalue weighted by Crippen LogP contribution is 2.15. The van der Waals surface area contributed by atoms with Crippen molar-refractivity contribution >= 4 is 45.8 Å². The van der Waals surface area contributed by atoms with Gasteiger partial charge in [0.05, 0.1) is 10.8 Å². The molecule has 1 heterocycles. The van der Waals surface area contributed by atoms with Crippen LogP contribution in [0.2, 0.25) is 5.02 Å². The summed E-state index contributed by atoms with van der Waals surface area (Å²) < 4.78 is 1.05. The number of Topliss-reactive ketones (excluding diaryl/α,β-unsaturated/α-hetero) is 2. The number of carbonyl (C=O) groups is 3. The molecule has 1 amide bonds. The number of fused-ring (bicyclic) bond motifs is 1. The van der Waals surface area contributed by atoms with E-state index < -0.39 is 29.6 Å². The quantitative estimate of drug-likeness (QED) is 0.225. The van der Waals surface area contributed by atoms with Crippen LogP contribution in [0.4, 0.5) is 5.69 Å². The molecule has 0 fully saturated rings. The van der Waals surface area contributed by atoms with Gasteiger partial charge in [0.2, 0.25) is 11.6 Å². The van der Waals surface area contributed by atoms with E-state index in [-0.39, 0.29) is 16.7 Å². The number of rotatable bonds is 5. The molecule has 9 heteroatoms. The zero-order valence-electron chi connectivity index (χ0n) is 14.7. The molecule has 0 unspecified atom stereocenters. The van der Waals surface area contributed by atoms with Crippen LogP contribution in [0.5, 0.6) is 0 Å². The third-order valence-corrected chi connectivity index (χ3v) is 4.38. The lowest BCUT2D eigenvalue weighted by Gasteiger charge is -2.06. The summed E-state index contributed by atoms with van der Waals surface area (Å²) in [5.41, 5.74) is 0.151. The predicted molar refractivity (Wildman–Crippen MR) is 101 cm³/mol. The van der Waals surface area contributed by atoms with Crippen LogP contribution in [-0.4, -0.2) is 27.4 Å². The van der Waals surface area contributed by atoms with Gasteiger partial charge in [0, 0.05) is 21.7 Å². The fourth-order valence-electron chi connectivity index (χ4n) is 2.72. The molecule has 0 radical (unpaired) electrons. The minimum Gasteiger partial charge on any atom is -0.428 e. The summed E-state index contributed by atoms with van der Waals surface area (Å²) in [7, 11) is 0. The van der Waals surface area contributed by atoms with Crippen molar-refractivity contribution in [1.29, 1.82) is 0 Å². The molecule has 8 nitrogen and oxygen atoms in total. The molecule has 1 aromatic heterocycles. The lowest BCUT2D eigenvalue weighted by molar-refractivity contribution is -0.469. The number of aromatic nitrogens is 2. The van der Waals surface area contributed by atoms with Crippen molar-refractivity contribution in [1.82, 2.24) is 4.73 Å². The second kappa shape index (κ2) is 7.61. The number of amides is 1. The normalized spacial score (nSPS) is 10.6. The molecule has 28 heavy (non-hydrogen) atoms. The van der Waals surface area contributed by atoms with E-state index in [0.29, 0.717) is 19.9 Å². The third-order valence-electron chi connectivity index (χ3n) is 4.13. The highest BCUT2D eigenvalue weighted by molar-refractivity contribution is 6.44. The van der Waals surface area contributed by atoms with Crippen molar-refractivity contribution < 1.29 is 24.0 Å². The van der Waals surface area contributed by atoms with Gasteiger partial charge in [0.1, 0.15) is 5.69 Å². The van der Waals surface area contributed by atoms with Gasteiger partial charge < -0.3 is 10.5 Å². The molecule has 0 aliphatic rings. The van der Waals surface area contributed by atoms with E-state index in [9.17, 15) is 24.5 Å². The first-order valence-electron chi connectivity index (χ1n) is 8.18. The number of anilines is 1. The standard InChI is InChI=1S/C19H14ClN3O5/c1-11-18(23(28)15-5-3-2-4-14(15)22(11)27)16(24)10-17(25)19(26)21-13-8-6-12(20)7-9-13/h2-9,27H,10H2,1H3/p+1. The van der Waals surface area contributed by atoms with Gasteiger partial charge in [-0.2, -0.15) is 4.73 Å². The Morgan fingerprint density at radius 2 is 1.75 bits per heavy atom. The van der Waals surface area contributed by atoms with Crippen molar-refractivity contribution in [3.05, 3.63) is 69.8 Å². The topological polar surface area (TPSA) is 111 Å². The van der Waals surface area contributed by atoms with Gasteiger partial charge in [-0.3, -0.25) is 14.4 Å². The average molecular weight is 401 g/mol. The van der Waals surface area contributed by atoms with E-state index in [4.69, 9.17) is 11.6 Å². The molecule has 0 saturated carbocycles. The molecule has 0 saturated heterocycles. The number of halogens is 1. The van der Waals surface area contributed by atoms with Crippen LogP contribution in [0.3, 0.4) is 0 Å². The first-order chi connectivity index (χ1) is 13.3. The Morgan fingerprint density at radius 1 is 1.11 bits per heavy atom. The number of carbonyl (C=O) groups excluding carboxylic acids is 3. The fourth-order valence-corrected chi connectivity index (χ4v) is 2.85. The Kier molecular flexibility index (Phi) is 5.23. The molecule has 2 aromatic carbocycles. The second-order valence-corrected chi connectivity index (χ2v) is 6.45. The SMILES string of the molecule is Cc1c(C(=O)CC(=O)C(=O)Nc2ccc(Cl)cc2)[n+](=O)c2ccccc2n1O. The first kappa shape index (κ1) is 19.2. The van der Waals surface area contributed by atoms with E-state index in [1.54, 1.807) is 12.1 Å². The van der Waals surface area contributed by atoms with Crippen LogP contribution in [-0.2, 0) is 9.59 Å². The van der Waals surface area contributed by atoms with E-state index in [2.05, 4.69) is 5.32 Å². The van der Waals surface area contributed by atoms with Crippen LogP contribution in [0, 0.1) is 11.8 Å². The maximum Gasteiger partial charge on any atom is 0.329 e. The summed E-state index contributed by atoms with van der Waals surface area (Å²) in [6.07, 6.45) is -0.819. The monoisotopic (exact) mass is 400 g/mol. The Hall–Kier alpha value is -3.52. The van der Waals surface area contributed by atoms with Gasteiger partial charge in [-0.25, -0.2) is 0 Å². The van der Waals surface area contributed by atoms with Gasteiger partial charge in [-0.05, 0) is 37.3 Å². The molecular weight excluding hydrogens is 386 g/mol. The number of ketones is 2. The molecule has 0 spiro atoms. The summed E-state index contributed by atoms with van der Waals surface area (Å²) in [6, 6.07) is 12.2. The van der Waals surface area contributed by atoms with Crippen LogP contribution in [0.25, 0.3) is 11.0 Å². The number of nitrogens with one attached hydrogen (secondary N) is 1. The second-order valence-electron chi connectivity index (χ2n) is 6.01. The van der Waals surface area contributed by atoms with Crippen LogP contribution in [0.15, 0.2) is 48.5 Å². The molecule has 0 bridgehead atoms. The minimum atomic E-state index is -1.02. The average Bonchev–Trinajstić information content (AvgIpc) is 2.68. The summed E-state index contributed by atoms with van der Waals surface area (Å²) in [4.78, 5) is 49.3. The minimum absolute atomic E-state index is 0.0374. The molecule has 0 aliphatic heterocycles. The third kappa shape index (κ3) is 3.63. The van der Waals surface area contributed by atoms with Gasteiger partial charge in [0.25, 0.3) is 11.4 Å². The smallest absolute Gasteiger partial charge is 0.329 e. The Morgan fingerprint density at radius 3 is 2.43 bits per heavy atom. The van der Waals surface area contributed by atoms with E-state index in [0.717, 1.165) is 0 Å². The summed E-state index contributed by atoms with van der Waals surface area (Å²) in [5.74, 6) is -2.89. The summed E-state index contributed by atoms with van der Waals surface area (Å²) >= 11 is 5.75. The first-order valence-corrected chi connectivity index (χ1v) is 8.56. The molecular formula is C19H15ClN3O5+. The van der Waals surface area contributed by atoms with Crippen LogP contribution in [0.1, 0.15) is 22.6 Å². The van der Waals surface area contributed by atoms with Crippen molar-refractivity contribution in [2.75, 3.05) is 5.32 Å². The van der Waals surface area contributed by atoms with Crippen molar-refractivity contribution in [3.63, 3.8) is 0 Å². The zero-order chi connectivity index (χ0) is 20.4. The van der Waals surface area contributed by atoms with Crippen molar-refractivity contribution in [3.8, 4) is 0 Å². The maximum atomic E-state index is 12.6. The van der Waals surface area contributed by atoms with E-state index >= 15 is 0 Å². The lowest BCUT2D eigenvalue weighted by atomic mass is 10.1. The van der Waals surface area contributed by atoms with E-state index in [1.807, 2.05) is 0 Å². The van der Waals surface area contributed by atoms with Crippen molar-refractivity contribution in [2.45, 2.75) is 13.3 Å². The predicted octanol–water partition coefficient (Wildman–Crippen LogP) is 2.54. The molecule has 142 valence electrons. The zero-order valence-corrected chi connectivity index (χ0v) is 15.4. The van der Waals surface area contributed by atoms with Gasteiger partial charge >= 0.3 is 5.69 Å². The number of benzene rings is 2. The van der Waals surface area contributed by atoms with Crippen LogP contribution >= 0.6 is 11.6 Å². The largest absolute Gasteiger partial charge is 0.428 e. The number of nitrogens with zero attached hydrogens (tertiary/aromatic N) is 2. The highest BCUT2D eigenvalue weighted by Gasteiger charge is 2.31. The highest BCUT2D eigenvalue weighted by atomic mass is 35.5. The molecule has 2 N–H and O–H groups in total. The molecule has 3 aromatic rings. The molecule has 0 atom stereocenters. The Balaban J connectivity index is 1.84. The summed E-state index contributed by atoms with van der Waals surface area (Å²) in [5, 5.41) is 13.0. The number of para-hydroxylation sites is 2. The maximum absolute atomic E-state index is 12.6. The molecule has 0 aliphatic carbocycles. The van der Waals surface area contributed by atoms with Gasteiger partial charge in [-0.1, -0.05) is 23.7 Å². The van der Waals surface area contributed by atoms with Crippen molar-refractivity contribution in [2.24, 2.45) is 0 Å². The fraction of sp³-hybridized carbons (Fsp3) is 0.105. The van der Waals surface area contributed by atoms with Gasteiger partial charge in [0.15, 0.2) is 5.52 Å². The van der Waals surface area contributed by atoms with Gasteiger partial charge in [-0.15, -0.1) is 0 Å².